The molecule has 0 aromatic heterocycles. The third-order valence-electron chi connectivity index (χ3n) is 13.4. The van der Waals surface area contributed by atoms with Gasteiger partial charge in [0, 0.05) is 6.42 Å². The molecule has 0 bridgehead atoms. The van der Waals surface area contributed by atoms with Gasteiger partial charge in [0.25, 0.3) is 0 Å². The SMILES string of the molecule is CC/C=C\C/C=C\C/C=C\C/C=C\C/C=C\CCCC(=O)OC(CCCCCCCCCCCCCCCCC)CC(=O)NC(CO)C(O)CCCCCCCCCCCCCCCCCCC. The quantitative estimate of drug-likeness (QED) is 0.0321. The van der Waals surface area contributed by atoms with Crippen molar-refractivity contribution in [1.29, 1.82) is 0 Å². The fraction of sp³-hybridized carbons (Fsp3) is 0.806. The van der Waals surface area contributed by atoms with E-state index in [0.717, 1.165) is 77.0 Å². The topological polar surface area (TPSA) is 95.9 Å². The molecule has 6 nitrogen and oxygen atoms in total. The number of amides is 1. The van der Waals surface area contributed by atoms with Gasteiger partial charge in [0.2, 0.25) is 5.91 Å². The van der Waals surface area contributed by atoms with Crippen molar-refractivity contribution in [2.24, 2.45) is 0 Å². The zero-order valence-corrected chi connectivity index (χ0v) is 45.2. The summed E-state index contributed by atoms with van der Waals surface area (Å²) in [6, 6.07) is -0.714. The summed E-state index contributed by atoms with van der Waals surface area (Å²) in [5, 5.41) is 23.9. The number of hydrogen-bond donors (Lipinski definition) is 3. The van der Waals surface area contributed by atoms with Crippen LogP contribution in [0.1, 0.15) is 297 Å². The Morgan fingerprint density at radius 1 is 0.441 bits per heavy atom. The second-order valence-electron chi connectivity index (χ2n) is 20.0. The standard InChI is InChI=1S/C62H113NO5/c1-4-7-10-13-16-19-22-25-28-30-33-36-39-42-45-48-51-54-60(65)59(57-64)63-61(66)56-58(53-50-47-44-41-38-35-32-27-24-21-18-15-12-9-6-3)68-62(67)55-52-49-46-43-40-37-34-31-29-26-23-20-17-14-11-8-5-2/h8,11,17,20,26,29,34,37,43,46,58-60,64-65H,4-7,9-10,12-16,18-19,21-25,27-28,30-33,35-36,38-42,44-45,47-57H2,1-3H3,(H,63,66)/b11-8-,20-17-,29-26-,37-34-,46-43-. The van der Waals surface area contributed by atoms with Crippen LogP contribution in [-0.4, -0.2) is 46.9 Å². The first kappa shape index (κ1) is 65.6. The van der Waals surface area contributed by atoms with E-state index in [1.165, 1.54) is 167 Å². The Morgan fingerprint density at radius 2 is 0.779 bits per heavy atom. The highest BCUT2D eigenvalue weighted by molar-refractivity contribution is 5.77. The van der Waals surface area contributed by atoms with Crippen molar-refractivity contribution in [3.05, 3.63) is 60.8 Å². The molecule has 0 aliphatic carbocycles. The second-order valence-corrected chi connectivity index (χ2v) is 20.0. The number of esters is 1. The lowest BCUT2D eigenvalue weighted by atomic mass is 10.0. The van der Waals surface area contributed by atoms with Crippen molar-refractivity contribution in [3.63, 3.8) is 0 Å². The van der Waals surface area contributed by atoms with E-state index >= 15 is 0 Å². The monoisotopic (exact) mass is 952 g/mol. The molecule has 0 aliphatic heterocycles. The van der Waals surface area contributed by atoms with Gasteiger partial charge in [-0.1, -0.05) is 281 Å². The maximum absolute atomic E-state index is 13.3. The Labute approximate surface area is 422 Å². The summed E-state index contributed by atoms with van der Waals surface area (Å²) in [6.45, 7) is 6.39. The lowest BCUT2D eigenvalue weighted by Crippen LogP contribution is -2.46. The third-order valence-corrected chi connectivity index (χ3v) is 13.4. The molecule has 0 saturated carbocycles. The molecule has 0 aromatic carbocycles. The third kappa shape index (κ3) is 50.0. The Kier molecular flexibility index (Phi) is 53.5. The van der Waals surface area contributed by atoms with Gasteiger partial charge in [0.15, 0.2) is 0 Å². The largest absolute Gasteiger partial charge is 0.462 e. The summed E-state index contributed by atoms with van der Waals surface area (Å²) in [5.41, 5.74) is 0. The number of ether oxygens (including phenoxy) is 1. The van der Waals surface area contributed by atoms with Gasteiger partial charge in [-0.15, -0.1) is 0 Å². The molecule has 0 radical (unpaired) electrons. The number of hydrogen-bond acceptors (Lipinski definition) is 5. The van der Waals surface area contributed by atoms with Crippen LogP contribution in [-0.2, 0) is 14.3 Å². The number of rotatable bonds is 53. The predicted octanol–water partition coefficient (Wildman–Crippen LogP) is 18.4. The van der Waals surface area contributed by atoms with E-state index in [2.05, 4.69) is 86.8 Å². The average Bonchev–Trinajstić information content (AvgIpc) is 3.33. The zero-order chi connectivity index (χ0) is 49.5. The molecule has 0 saturated heterocycles. The van der Waals surface area contributed by atoms with Crippen molar-refractivity contribution in [2.75, 3.05) is 6.61 Å². The summed E-state index contributed by atoms with van der Waals surface area (Å²) in [4.78, 5) is 26.3. The molecule has 0 rings (SSSR count). The highest BCUT2D eigenvalue weighted by atomic mass is 16.5. The van der Waals surface area contributed by atoms with Crippen LogP contribution < -0.4 is 5.32 Å². The molecule has 0 spiro atoms. The Morgan fingerprint density at radius 3 is 1.15 bits per heavy atom. The molecule has 0 fully saturated rings. The Bertz CT molecular complexity index is 1210. The fourth-order valence-electron chi connectivity index (χ4n) is 8.94. The van der Waals surface area contributed by atoms with Gasteiger partial charge in [0.1, 0.15) is 6.10 Å². The first-order valence-electron chi connectivity index (χ1n) is 29.5. The van der Waals surface area contributed by atoms with E-state index in [0.29, 0.717) is 25.7 Å². The Hall–Kier alpha value is -2.44. The van der Waals surface area contributed by atoms with Gasteiger partial charge < -0.3 is 20.3 Å². The molecule has 0 heterocycles. The molecule has 3 atom stereocenters. The van der Waals surface area contributed by atoms with Gasteiger partial charge in [-0.2, -0.15) is 0 Å². The van der Waals surface area contributed by atoms with Crippen LogP contribution in [0.15, 0.2) is 60.8 Å². The predicted molar refractivity (Wildman–Crippen MR) is 296 cm³/mol. The molecule has 3 unspecified atom stereocenters. The number of nitrogens with one attached hydrogen (secondary N) is 1. The van der Waals surface area contributed by atoms with Gasteiger partial charge >= 0.3 is 5.97 Å². The summed E-state index contributed by atoms with van der Waals surface area (Å²) < 4.78 is 5.94. The number of aliphatic hydroxyl groups excluding tert-OH is 2. The first-order valence-corrected chi connectivity index (χ1v) is 29.5. The average molecular weight is 953 g/mol. The van der Waals surface area contributed by atoms with Crippen LogP contribution in [0, 0.1) is 0 Å². The van der Waals surface area contributed by atoms with Crippen LogP contribution in [0.4, 0.5) is 0 Å². The molecular weight excluding hydrogens is 839 g/mol. The number of aliphatic hydroxyl groups is 2. The summed E-state index contributed by atoms with van der Waals surface area (Å²) in [5.74, 6) is -0.531. The lowest BCUT2D eigenvalue weighted by Gasteiger charge is -2.24. The fourth-order valence-corrected chi connectivity index (χ4v) is 8.94. The molecule has 1 amide bonds. The molecule has 0 aromatic rings. The number of carbonyl (C=O) groups is 2. The maximum Gasteiger partial charge on any atom is 0.306 e. The van der Waals surface area contributed by atoms with E-state index in [1.54, 1.807) is 0 Å². The minimum atomic E-state index is -0.798. The van der Waals surface area contributed by atoms with Crippen molar-refractivity contribution in [2.45, 2.75) is 315 Å². The Balaban J connectivity index is 4.60. The lowest BCUT2D eigenvalue weighted by molar-refractivity contribution is -0.151. The van der Waals surface area contributed by atoms with Gasteiger partial charge in [-0.3, -0.25) is 9.59 Å². The minimum Gasteiger partial charge on any atom is -0.462 e. The van der Waals surface area contributed by atoms with Crippen molar-refractivity contribution >= 4 is 11.9 Å². The van der Waals surface area contributed by atoms with E-state index < -0.39 is 18.2 Å². The zero-order valence-electron chi connectivity index (χ0n) is 45.2. The minimum absolute atomic E-state index is 0.0570. The van der Waals surface area contributed by atoms with E-state index in [9.17, 15) is 19.8 Å². The van der Waals surface area contributed by atoms with Crippen LogP contribution in [0.5, 0.6) is 0 Å². The normalized spacial score (nSPS) is 13.5. The number of carbonyl (C=O) groups excluding carboxylic acids is 2. The smallest absolute Gasteiger partial charge is 0.306 e. The number of unbranched alkanes of at least 4 members (excludes halogenated alkanes) is 31. The van der Waals surface area contributed by atoms with Crippen molar-refractivity contribution < 1.29 is 24.5 Å². The first-order chi connectivity index (χ1) is 33.5. The van der Waals surface area contributed by atoms with E-state index in [1.807, 2.05) is 0 Å². The van der Waals surface area contributed by atoms with E-state index in [4.69, 9.17) is 4.74 Å². The van der Waals surface area contributed by atoms with Gasteiger partial charge in [-0.25, -0.2) is 0 Å². The molecule has 396 valence electrons. The van der Waals surface area contributed by atoms with Crippen LogP contribution in [0.2, 0.25) is 0 Å². The molecule has 3 N–H and O–H groups in total. The van der Waals surface area contributed by atoms with Gasteiger partial charge in [-0.05, 0) is 64.2 Å². The summed E-state index contributed by atoms with van der Waals surface area (Å²) in [7, 11) is 0. The molecular formula is C62H113NO5. The van der Waals surface area contributed by atoms with Crippen molar-refractivity contribution in [1.82, 2.24) is 5.32 Å². The molecule has 68 heavy (non-hydrogen) atoms. The molecule has 6 heteroatoms. The van der Waals surface area contributed by atoms with Gasteiger partial charge in [0.05, 0.1) is 25.2 Å². The van der Waals surface area contributed by atoms with Crippen LogP contribution in [0.3, 0.4) is 0 Å². The second kappa shape index (κ2) is 55.5. The maximum atomic E-state index is 13.3. The molecule has 0 aliphatic rings. The van der Waals surface area contributed by atoms with E-state index in [-0.39, 0.29) is 24.9 Å². The van der Waals surface area contributed by atoms with Crippen molar-refractivity contribution in [3.8, 4) is 0 Å². The number of allylic oxidation sites excluding steroid dienone is 10. The van der Waals surface area contributed by atoms with Crippen LogP contribution >= 0.6 is 0 Å². The summed E-state index contributed by atoms with van der Waals surface area (Å²) >= 11 is 0. The highest BCUT2D eigenvalue weighted by Gasteiger charge is 2.24. The highest BCUT2D eigenvalue weighted by Crippen LogP contribution is 2.19. The summed E-state index contributed by atoms with van der Waals surface area (Å²) in [6.07, 6.45) is 70.1. The van der Waals surface area contributed by atoms with Crippen LogP contribution in [0.25, 0.3) is 0 Å².